The van der Waals surface area contributed by atoms with Crippen molar-refractivity contribution in [1.29, 1.82) is 0 Å². The van der Waals surface area contributed by atoms with Gasteiger partial charge < -0.3 is 30.2 Å². The number of aryl methyl sites for hydroxylation is 1. The number of hydrogen-bond acceptors (Lipinski definition) is 10. The first-order valence-corrected chi connectivity index (χ1v) is 19.6. The smallest absolute Gasteiger partial charge is 0.268 e. The molecule has 0 bridgehead atoms. The molecule has 0 aromatic carbocycles. The Labute approximate surface area is 316 Å². The summed E-state index contributed by atoms with van der Waals surface area (Å²) >= 11 is 1.96. The number of hydrazone groups is 2. The van der Waals surface area contributed by atoms with Gasteiger partial charge in [-0.05, 0) is 81.5 Å². The predicted octanol–water partition coefficient (Wildman–Crippen LogP) is 7.75. The SMILES string of the molecule is C1=CC2NN=CC2CC1.C1=CC2NN=CC2CO1.C=C1NC=C[C@@H]1C.CC1=CCCS1.C[C@@H]1CC=CCC1.C[C@H]1CC=CO1.Cn1ccncc1=O. The summed E-state index contributed by atoms with van der Waals surface area (Å²) in [5.74, 6) is 3.92. The number of rotatable bonds is 0. The largest absolute Gasteiger partial charge is 0.501 e. The second-order valence-electron chi connectivity index (χ2n) is 13.6. The summed E-state index contributed by atoms with van der Waals surface area (Å²) in [6.07, 6.45) is 40.5. The fraction of sp³-hybridized carbons (Fsp3) is 0.512. The first kappa shape index (κ1) is 42.2. The zero-order chi connectivity index (χ0) is 37.4. The summed E-state index contributed by atoms with van der Waals surface area (Å²) < 4.78 is 11.5. The van der Waals surface area contributed by atoms with Crippen LogP contribution in [0, 0.1) is 23.7 Å². The van der Waals surface area contributed by atoms with Gasteiger partial charge in [-0.25, -0.2) is 0 Å². The van der Waals surface area contributed by atoms with Crippen LogP contribution >= 0.6 is 11.8 Å². The topological polar surface area (TPSA) is 114 Å². The third-order valence-corrected chi connectivity index (χ3v) is 10.0. The molecule has 3 N–H and O–H groups in total. The number of fused-ring (bicyclic) bond motifs is 2. The van der Waals surface area contributed by atoms with Gasteiger partial charge in [-0.15, -0.1) is 11.8 Å². The Morgan fingerprint density at radius 3 is 2.10 bits per heavy atom. The molecule has 2 aliphatic carbocycles. The van der Waals surface area contributed by atoms with E-state index in [-0.39, 0.29) is 5.56 Å². The number of aromatic nitrogens is 2. The molecule has 0 spiro atoms. The lowest BCUT2D eigenvalue weighted by Crippen LogP contribution is -2.30. The van der Waals surface area contributed by atoms with E-state index >= 15 is 0 Å². The molecule has 4 unspecified atom stereocenters. The van der Waals surface area contributed by atoms with E-state index in [1.807, 2.05) is 42.5 Å². The summed E-state index contributed by atoms with van der Waals surface area (Å²) in [6.45, 7) is 13.2. The van der Waals surface area contributed by atoms with Crippen molar-refractivity contribution in [2.24, 2.45) is 40.9 Å². The molecule has 52 heavy (non-hydrogen) atoms. The molecule has 0 amide bonds. The van der Waals surface area contributed by atoms with Crippen molar-refractivity contribution < 1.29 is 9.47 Å². The molecule has 8 aliphatic rings. The molecule has 0 fully saturated rings. The Bertz CT molecular complexity index is 1450. The van der Waals surface area contributed by atoms with Gasteiger partial charge in [0, 0.05) is 61.6 Å². The van der Waals surface area contributed by atoms with E-state index in [2.05, 4.69) is 102 Å². The average Bonchev–Trinajstić information content (AvgIpc) is 4.02. The predicted molar refractivity (Wildman–Crippen MR) is 219 cm³/mol. The van der Waals surface area contributed by atoms with Gasteiger partial charge in [0.25, 0.3) is 5.56 Å². The van der Waals surface area contributed by atoms with Crippen molar-refractivity contribution in [2.45, 2.75) is 90.8 Å². The molecule has 10 nitrogen and oxygen atoms in total. The zero-order valence-corrected chi connectivity index (χ0v) is 32.6. The quantitative estimate of drug-likeness (QED) is 0.232. The van der Waals surface area contributed by atoms with Gasteiger partial charge in [0.05, 0.1) is 49.4 Å². The lowest BCUT2D eigenvalue weighted by Gasteiger charge is -2.17. The van der Waals surface area contributed by atoms with Gasteiger partial charge in [-0.2, -0.15) is 10.2 Å². The van der Waals surface area contributed by atoms with Crippen LogP contribution < -0.4 is 21.7 Å². The van der Waals surface area contributed by atoms with Crippen LogP contribution in [0.2, 0.25) is 0 Å². The van der Waals surface area contributed by atoms with E-state index in [0.717, 1.165) is 24.6 Å². The van der Waals surface area contributed by atoms with Crippen molar-refractivity contribution >= 4 is 24.2 Å². The average molecular weight is 732 g/mol. The van der Waals surface area contributed by atoms with E-state index in [9.17, 15) is 4.79 Å². The lowest BCUT2D eigenvalue weighted by atomic mass is 9.92. The van der Waals surface area contributed by atoms with E-state index in [1.165, 1.54) is 59.9 Å². The number of nitrogens with zero attached hydrogens (tertiary/aromatic N) is 4. The standard InChI is InChI=1S/C7H10N2.C7H12.C6H8N2O.C6H9N.C5H6N2O.C5H8O.C5H8S/c1-2-4-7-6(3-1)5-8-9-7;1-7-5-3-2-4-6-7;1-2-9-4-5-3-7-8-6(1)5;1-5-3-4-7-6(5)2;1-7-3-2-6-4-5(7)8;2*1-5-3-2-4-6-5/h2,4-7,9H,1,3H2;2-3,7H,4-6H2,1H3;1-3,5-6,8H,4H2;3-5,7H,2H2,1H3;2-4H,1H3;2,4-5H,3H2,1H3;3H,2,4H2,1H3/t;7-;;5-;;5-;/m.1.0.0./s1. The number of hydrogen-bond donors (Lipinski definition) is 3. The lowest BCUT2D eigenvalue weighted by molar-refractivity contribution is 0.189. The molecule has 7 heterocycles. The second-order valence-corrected chi connectivity index (χ2v) is 14.9. The zero-order valence-electron chi connectivity index (χ0n) is 31.8. The maximum absolute atomic E-state index is 10.5. The highest BCUT2D eigenvalue weighted by atomic mass is 32.2. The van der Waals surface area contributed by atoms with E-state index in [1.54, 1.807) is 32.0 Å². The molecule has 0 radical (unpaired) electrons. The monoisotopic (exact) mass is 731 g/mol. The van der Waals surface area contributed by atoms with Crippen molar-refractivity contribution in [3.63, 3.8) is 0 Å². The number of ether oxygens (including phenoxy) is 2. The van der Waals surface area contributed by atoms with Crippen LogP contribution in [-0.2, 0) is 16.5 Å². The molecule has 9 rings (SSSR count). The highest BCUT2D eigenvalue weighted by Crippen LogP contribution is 2.23. The Morgan fingerprint density at radius 1 is 0.904 bits per heavy atom. The highest BCUT2D eigenvalue weighted by Gasteiger charge is 2.24. The Kier molecular flexibility index (Phi) is 20.2. The molecule has 0 saturated heterocycles. The molecule has 1 aromatic heterocycles. The summed E-state index contributed by atoms with van der Waals surface area (Å²) in [5, 5.41) is 10.9. The molecule has 284 valence electrons. The minimum Gasteiger partial charge on any atom is -0.501 e. The molecular weight excluding hydrogens is 671 g/mol. The number of nitrogens with one attached hydrogen (secondary N) is 3. The van der Waals surface area contributed by atoms with Gasteiger partial charge in [0.2, 0.25) is 0 Å². The van der Waals surface area contributed by atoms with Crippen LogP contribution in [0.4, 0.5) is 0 Å². The summed E-state index contributed by atoms with van der Waals surface area (Å²) in [6, 6.07) is 0.900. The Balaban J connectivity index is 0.000000165. The number of thioether (sulfide) groups is 1. The molecule has 1 aromatic rings. The summed E-state index contributed by atoms with van der Waals surface area (Å²) in [5.41, 5.74) is 7.02. The maximum atomic E-state index is 10.5. The minimum atomic E-state index is -0.0764. The molecule has 0 saturated carbocycles. The summed E-state index contributed by atoms with van der Waals surface area (Å²) in [7, 11) is 1.68. The summed E-state index contributed by atoms with van der Waals surface area (Å²) in [4.78, 5) is 15.6. The fourth-order valence-electron chi connectivity index (χ4n) is 5.37. The third kappa shape index (κ3) is 17.3. The molecule has 11 heteroatoms. The van der Waals surface area contributed by atoms with Crippen LogP contribution in [-0.4, -0.2) is 52.5 Å². The highest BCUT2D eigenvalue weighted by molar-refractivity contribution is 8.03. The van der Waals surface area contributed by atoms with Gasteiger partial charge in [0.15, 0.2) is 0 Å². The van der Waals surface area contributed by atoms with Crippen LogP contribution in [0.15, 0.2) is 118 Å². The van der Waals surface area contributed by atoms with Crippen molar-refractivity contribution in [3.8, 4) is 0 Å². The van der Waals surface area contributed by atoms with Crippen LogP contribution in [0.1, 0.15) is 72.6 Å². The Morgan fingerprint density at radius 2 is 1.67 bits per heavy atom. The van der Waals surface area contributed by atoms with E-state index < -0.39 is 0 Å². The van der Waals surface area contributed by atoms with Gasteiger partial charge in [0.1, 0.15) is 0 Å². The minimum absolute atomic E-state index is 0.0764. The normalized spacial score (nSPS) is 28.4. The van der Waals surface area contributed by atoms with Gasteiger partial charge in [-0.3, -0.25) is 9.78 Å². The molecule has 7 atom stereocenters. The van der Waals surface area contributed by atoms with Gasteiger partial charge >= 0.3 is 0 Å². The van der Waals surface area contributed by atoms with Crippen LogP contribution in [0.3, 0.4) is 0 Å². The Hall–Kier alpha value is -4.25. The third-order valence-electron chi connectivity index (χ3n) is 8.98. The second kappa shape index (κ2) is 24.9. The van der Waals surface area contributed by atoms with Crippen LogP contribution in [0.25, 0.3) is 0 Å². The molecule has 6 aliphatic heterocycles. The first-order valence-electron chi connectivity index (χ1n) is 18.6. The first-order chi connectivity index (χ1) is 25.2. The van der Waals surface area contributed by atoms with E-state index in [4.69, 9.17) is 9.47 Å². The van der Waals surface area contributed by atoms with Crippen molar-refractivity contribution in [3.05, 3.63) is 113 Å². The van der Waals surface area contributed by atoms with Gasteiger partial charge in [-0.1, -0.05) is 56.9 Å². The van der Waals surface area contributed by atoms with Crippen molar-refractivity contribution in [1.82, 2.24) is 25.7 Å². The molecular formula is C41H61N7O3S. The van der Waals surface area contributed by atoms with Crippen molar-refractivity contribution in [2.75, 3.05) is 12.4 Å². The fourth-order valence-corrected chi connectivity index (χ4v) is 6.17. The number of allylic oxidation sites excluding steroid dienone is 6. The van der Waals surface area contributed by atoms with E-state index in [0.29, 0.717) is 35.9 Å². The maximum Gasteiger partial charge on any atom is 0.268 e. The van der Waals surface area contributed by atoms with Crippen LogP contribution in [0.5, 0.6) is 0 Å².